The average Bonchev–Trinajstić information content (AvgIpc) is 3.11. The highest BCUT2D eigenvalue weighted by molar-refractivity contribution is 7.47. The molecule has 298 valence electrons. The van der Waals surface area contributed by atoms with Crippen LogP contribution in [0.4, 0.5) is 0 Å². The molecule has 0 amide bonds. The molecular formula is C41H76NO8P. The topological polar surface area (TPSA) is 134 Å². The van der Waals surface area contributed by atoms with Gasteiger partial charge in [0.15, 0.2) is 6.10 Å². The quantitative estimate of drug-likeness (QED) is 0.0158. The van der Waals surface area contributed by atoms with Crippen molar-refractivity contribution >= 4 is 19.8 Å². The SMILES string of the molecule is C=CCCCCCCCCCCCCCCCC(=O)OC[C@H](COP(=O)(O)OCCN)OC(=O)/C=C/C=C/CCCCCCCCCCCCC. The Balaban J connectivity index is 4.26. The van der Waals surface area contributed by atoms with Gasteiger partial charge in [0.25, 0.3) is 0 Å². The third kappa shape index (κ3) is 37.8. The summed E-state index contributed by atoms with van der Waals surface area (Å²) >= 11 is 0. The van der Waals surface area contributed by atoms with E-state index in [2.05, 4.69) is 13.5 Å². The minimum atomic E-state index is -4.40. The first kappa shape index (κ1) is 49.2. The summed E-state index contributed by atoms with van der Waals surface area (Å²) in [5.41, 5.74) is 5.33. The van der Waals surface area contributed by atoms with Gasteiger partial charge in [-0.05, 0) is 32.1 Å². The molecule has 0 aromatic carbocycles. The molecule has 0 rings (SSSR count). The van der Waals surface area contributed by atoms with E-state index in [-0.39, 0.29) is 26.2 Å². The maximum Gasteiger partial charge on any atom is 0.472 e. The van der Waals surface area contributed by atoms with E-state index < -0.39 is 32.5 Å². The van der Waals surface area contributed by atoms with Crippen LogP contribution in [-0.2, 0) is 32.7 Å². The lowest BCUT2D eigenvalue weighted by Crippen LogP contribution is -2.29. The van der Waals surface area contributed by atoms with E-state index in [1.54, 1.807) is 12.2 Å². The van der Waals surface area contributed by atoms with E-state index in [1.807, 2.05) is 12.2 Å². The molecule has 0 aliphatic rings. The smallest absolute Gasteiger partial charge is 0.462 e. The molecule has 0 bridgehead atoms. The second kappa shape index (κ2) is 38.0. The molecule has 51 heavy (non-hydrogen) atoms. The van der Waals surface area contributed by atoms with Crippen LogP contribution in [0.3, 0.4) is 0 Å². The molecule has 0 saturated carbocycles. The zero-order chi connectivity index (χ0) is 37.5. The van der Waals surface area contributed by atoms with E-state index >= 15 is 0 Å². The minimum Gasteiger partial charge on any atom is -0.462 e. The first-order valence-corrected chi connectivity index (χ1v) is 22.0. The number of phosphoric ester groups is 1. The number of nitrogens with two attached hydrogens (primary N) is 1. The maximum atomic E-state index is 12.4. The fraction of sp³-hybridized carbons (Fsp3) is 0.805. The normalized spacial score (nSPS) is 13.5. The molecule has 0 aliphatic carbocycles. The molecule has 0 aliphatic heterocycles. The fourth-order valence-corrected chi connectivity index (χ4v) is 6.46. The largest absolute Gasteiger partial charge is 0.472 e. The highest BCUT2D eigenvalue weighted by Crippen LogP contribution is 2.43. The van der Waals surface area contributed by atoms with Crippen LogP contribution >= 0.6 is 7.82 Å². The Morgan fingerprint density at radius 3 is 1.69 bits per heavy atom. The highest BCUT2D eigenvalue weighted by atomic mass is 31.2. The molecular weight excluding hydrogens is 665 g/mol. The molecule has 1 unspecified atom stereocenters. The van der Waals surface area contributed by atoms with E-state index in [1.165, 1.54) is 134 Å². The molecule has 10 heteroatoms. The summed E-state index contributed by atoms with van der Waals surface area (Å²) < 4.78 is 32.5. The summed E-state index contributed by atoms with van der Waals surface area (Å²) in [6.07, 6.45) is 39.9. The van der Waals surface area contributed by atoms with Crippen LogP contribution in [0.5, 0.6) is 0 Å². The van der Waals surface area contributed by atoms with Crippen molar-refractivity contribution in [2.24, 2.45) is 5.73 Å². The van der Waals surface area contributed by atoms with Gasteiger partial charge in [-0.25, -0.2) is 9.36 Å². The van der Waals surface area contributed by atoms with E-state index in [9.17, 15) is 19.0 Å². The number of esters is 2. The second-order valence-electron chi connectivity index (χ2n) is 13.7. The van der Waals surface area contributed by atoms with Crippen LogP contribution in [0.1, 0.15) is 180 Å². The van der Waals surface area contributed by atoms with E-state index in [4.69, 9.17) is 24.3 Å². The predicted molar refractivity (Wildman–Crippen MR) is 210 cm³/mol. The van der Waals surface area contributed by atoms with Crippen molar-refractivity contribution in [3.63, 3.8) is 0 Å². The lowest BCUT2D eigenvalue weighted by Gasteiger charge is -2.19. The molecule has 0 heterocycles. The summed E-state index contributed by atoms with van der Waals surface area (Å²) in [6.45, 7) is 5.12. The monoisotopic (exact) mass is 742 g/mol. The Labute approximate surface area is 312 Å². The molecule has 9 nitrogen and oxygen atoms in total. The summed E-state index contributed by atoms with van der Waals surface area (Å²) in [4.78, 5) is 34.6. The van der Waals surface area contributed by atoms with Crippen LogP contribution in [0.25, 0.3) is 0 Å². The van der Waals surface area contributed by atoms with E-state index in [0.29, 0.717) is 0 Å². The number of rotatable bonds is 39. The third-order valence-electron chi connectivity index (χ3n) is 8.75. The van der Waals surface area contributed by atoms with E-state index in [0.717, 1.165) is 38.5 Å². The van der Waals surface area contributed by atoms with Crippen LogP contribution in [-0.4, -0.2) is 49.3 Å². The molecule has 0 saturated heterocycles. The van der Waals surface area contributed by atoms with Gasteiger partial charge in [-0.15, -0.1) is 6.58 Å². The van der Waals surface area contributed by atoms with Crippen LogP contribution < -0.4 is 5.73 Å². The summed E-state index contributed by atoms with van der Waals surface area (Å²) in [6, 6.07) is 0. The Kier molecular flexibility index (Phi) is 36.7. The molecule has 2 atom stereocenters. The van der Waals surface area contributed by atoms with Crippen molar-refractivity contribution in [1.29, 1.82) is 0 Å². The van der Waals surface area contributed by atoms with Crippen molar-refractivity contribution in [3.8, 4) is 0 Å². The minimum absolute atomic E-state index is 0.0404. The Morgan fingerprint density at radius 2 is 1.18 bits per heavy atom. The Bertz CT molecular complexity index is 925. The summed E-state index contributed by atoms with van der Waals surface area (Å²) in [5, 5.41) is 0. The van der Waals surface area contributed by atoms with Gasteiger partial charge in [0.2, 0.25) is 0 Å². The molecule has 0 aromatic heterocycles. The molecule has 0 spiro atoms. The number of phosphoric acid groups is 1. The zero-order valence-corrected chi connectivity index (χ0v) is 33.3. The average molecular weight is 742 g/mol. The molecule has 0 aromatic rings. The van der Waals surface area contributed by atoms with Gasteiger partial charge < -0.3 is 20.1 Å². The van der Waals surface area contributed by atoms with Crippen LogP contribution in [0.2, 0.25) is 0 Å². The molecule has 0 radical (unpaired) electrons. The third-order valence-corrected chi connectivity index (χ3v) is 9.74. The molecule has 0 fully saturated rings. The lowest BCUT2D eigenvalue weighted by atomic mass is 10.0. The molecule has 3 N–H and O–H groups in total. The van der Waals surface area contributed by atoms with Crippen LogP contribution in [0, 0.1) is 0 Å². The predicted octanol–water partition coefficient (Wildman–Crippen LogP) is 11.4. The number of unbranched alkanes of at least 4 members (excludes halogenated alkanes) is 24. The highest BCUT2D eigenvalue weighted by Gasteiger charge is 2.25. The van der Waals surface area contributed by atoms with Crippen molar-refractivity contribution in [1.82, 2.24) is 0 Å². The zero-order valence-electron chi connectivity index (χ0n) is 32.4. The number of carbonyl (C=O) groups excluding carboxylic acids is 2. The fourth-order valence-electron chi connectivity index (χ4n) is 5.70. The second-order valence-corrected chi connectivity index (χ2v) is 15.1. The Hall–Kier alpha value is -1.77. The summed E-state index contributed by atoms with van der Waals surface area (Å²) in [5.74, 6) is -1.08. The number of hydrogen-bond donors (Lipinski definition) is 2. The van der Waals surface area contributed by atoms with Gasteiger partial charge in [-0.2, -0.15) is 0 Å². The van der Waals surface area contributed by atoms with Crippen molar-refractivity contribution in [2.45, 2.75) is 186 Å². The number of hydrogen-bond acceptors (Lipinski definition) is 8. The number of carbonyl (C=O) groups is 2. The van der Waals surface area contributed by atoms with Gasteiger partial charge in [-0.1, -0.05) is 166 Å². The number of allylic oxidation sites excluding steroid dienone is 4. The Morgan fingerprint density at radius 1 is 0.686 bits per heavy atom. The van der Waals surface area contributed by atoms with Gasteiger partial charge in [0, 0.05) is 19.0 Å². The van der Waals surface area contributed by atoms with Gasteiger partial charge in [-0.3, -0.25) is 13.8 Å². The first-order valence-electron chi connectivity index (χ1n) is 20.5. The van der Waals surface area contributed by atoms with Crippen molar-refractivity contribution < 1.29 is 37.6 Å². The first-order chi connectivity index (χ1) is 24.8. The van der Waals surface area contributed by atoms with Crippen LogP contribution in [0.15, 0.2) is 37.0 Å². The van der Waals surface area contributed by atoms with Crippen molar-refractivity contribution in [3.05, 3.63) is 37.0 Å². The van der Waals surface area contributed by atoms with Gasteiger partial charge >= 0.3 is 19.8 Å². The summed E-state index contributed by atoms with van der Waals surface area (Å²) in [7, 11) is -4.40. The van der Waals surface area contributed by atoms with Gasteiger partial charge in [0.1, 0.15) is 6.61 Å². The van der Waals surface area contributed by atoms with Gasteiger partial charge in [0.05, 0.1) is 13.2 Å². The lowest BCUT2D eigenvalue weighted by molar-refractivity contribution is -0.157. The maximum absolute atomic E-state index is 12.4. The number of ether oxygens (including phenoxy) is 2. The standard InChI is InChI=1S/C41H76NO8P/c1-3-5-7-9-11-13-15-17-19-21-23-25-27-29-31-33-40(43)47-37-39(38-49-51(45,46)48-36-35-42)50-41(44)34-32-30-28-26-24-22-20-18-16-14-12-10-8-6-4-2/h3,28,30,32,34,39H,1,4-27,29,31,33,35-38,42H2,2H3,(H,45,46)/b30-28+,34-32+/t39-/m1/s1. The van der Waals surface area contributed by atoms with Crippen molar-refractivity contribution in [2.75, 3.05) is 26.4 Å².